The molecule has 1 aliphatic rings. The number of benzene rings is 1. The molecule has 1 heterocycles. The first-order chi connectivity index (χ1) is 12.8. The Morgan fingerprint density at radius 1 is 1.22 bits per heavy atom. The third-order valence-electron chi connectivity index (χ3n) is 4.34. The van der Waals surface area contributed by atoms with Gasteiger partial charge in [0, 0.05) is 13.0 Å². The number of nitrogens with zero attached hydrogens (tertiary/aromatic N) is 1. The van der Waals surface area contributed by atoms with Gasteiger partial charge < -0.3 is 15.0 Å². The van der Waals surface area contributed by atoms with Crippen LogP contribution in [-0.2, 0) is 15.8 Å². The topological polar surface area (TPSA) is 58.6 Å². The predicted molar refractivity (Wildman–Crippen MR) is 94.2 cm³/mol. The lowest BCUT2D eigenvalue weighted by Gasteiger charge is -2.25. The van der Waals surface area contributed by atoms with Crippen LogP contribution in [0.3, 0.4) is 0 Å². The van der Waals surface area contributed by atoms with E-state index in [2.05, 4.69) is 5.32 Å². The van der Waals surface area contributed by atoms with Crippen molar-refractivity contribution in [2.45, 2.75) is 51.2 Å². The number of carbonyl (C=O) groups excluding carboxylic acids is 2. The monoisotopic (exact) mass is 386 g/mol. The molecule has 1 saturated heterocycles. The van der Waals surface area contributed by atoms with Crippen LogP contribution in [0.15, 0.2) is 24.3 Å². The van der Waals surface area contributed by atoms with Crippen molar-refractivity contribution in [1.82, 2.24) is 10.2 Å². The van der Waals surface area contributed by atoms with Gasteiger partial charge in [-0.1, -0.05) is 25.0 Å². The molecule has 0 aromatic heterocycles. The number of nitrogens with one attached hydrogen (secondary N) is 1. The largest absolute Gasteiger partial charge is 0.491 e. The van der Waals surface area contributed by atoms with Crippen molar-refractivity contribution in [2.24, 2.45) is 0 Å². The molecular formula is C19H25F3N2O3. The van der Waals surface area contributed by atoms with Crippen molar-refractivity contribution >= 4 is 11.8 Å². The maximum Gasteiger partial charge on any atom is 0.419 e. The average Bonchev–Trinajstić information content (AvgIpc) is 2.59. The Morgan fingerprint density at radius 2 is 1.93 bits per heavy atom. The Kier molecular flexibility index (Phi) is 7.50. The predicted octanol–water partition coefficient (Wildman–Crippen LogP) is 3.38. The molecule has 1 fully saturated rings. The van der Waals surface area contributed by atoms with Gasteiger partial charge in [-0.2, -0.15) is 13.2 Å². The van der Waals surface area contributed by atoms with Gasteiger partial charge in [-0.25, -0.2) is 0 Å². The zero-order chi connectivity index (χ0) is 19.9. The smallest absolute Gasteiger partial charge is 0.419 e. The molecular weight excluding hydrogens is 361 g/mol. The fourth-order valence-electron chi connectivity index (χ4n) is 2.96. The standard InChI is InChI=1S/C19H25F3N2O3/c1-14(13-27-16-9-6-5-8-15(16)19(20,21)22)23-17(25)12-24-11-7-3-2-4-10-18(24)26/h5-6,8-9,14H,2-4,7,10-13H2,1H3,(H,23,25). The van der Waals surface area contributed by atoms with Crippen LogP contribution >= 0.6 is 0 Å². The summed E-state index contributed by atoms with van der Waals surface area (Å²) in [6.45, 7) is 2.05. The summed E-state index contributed by atoms with van der Waals surface area (Å²) >= 11 is 0. The first-order valence-electron chi connectivity index (χ1n) is 9.13. The zero-order valence-electron chi connectivity index (χ0n) is 15.3. The van der Waals surface area contributed by atoms with Crippen LogP contribution in [0, 0.1) is 0 Å². The van der Waals surface area contributed by atoms with E-state index in [-0.39, 0.29) is 30.7 Å². The van der Waals surface area contributed by atoms with Gasteiger partial charge in [0.1, 0.15) is 12.4 Å². The molecule has 2 rings (SSSR count). The first-order valence-corrected chi connectivity index (χ1v) is 9.13. The Morgan fingerprint density at radius 3 is 2.67 bits per heavy atom. The molecule has 27 heavy (non-hydrogen) atoms. The summed E-state index contributed by atoms with van der Waals surface area (Å²) in [7, 11) is 0. The molecule has 1 aromatic rings. The molecule has 2 amide bonds. The van der Waals surface area contributed by atoms with Crippen LogP contribution in [-0.4, -0.2) is 42.5 Å². The highest BCUT2D eigenvalue weighted by Crippen LogP contribution is 2.35. The van der Waals surface area contributed by atoms with E-state index < -0.39 is 17.8 Å². The number of ether oxygens (including phenoxy) is 1. The lowest BCUT2D eigenvalue weighted by atomic mass is 10.1. The van der Waals surface area contributed by atoms with Crippen molar-refractivity contribution in [3.05, 3.63) is 29.8 Å². The molecule has 1 aliphatic heterocycles. The van der Waals surface area contributed by atoms with Gasteiger partial charge in [0.15, 0.2) is 0 Å². The Labute approximate surface area is 156 Å². The number of para-hydroxylation sites is 1. The second-order valence-corrected chi connectivity index (χ2v) is 6.75. The highest BCUT2D eigenvalue weighted by atomic mass is 19.4. The van der Waals surface area contributed by atoms with E-state index in [0.29, 0.717) is 13.0 Å². The number of rotatable bonds is 6. The molecule has 1 N–H and O–H groups in total. The molecule has 1 atom stereocenters. The summed E-state index contributed by atoms with van der Waals surface area (Å²) < 4.78 is 44.1. The molecule has 1 unspecified atom stereocenters. The minimum Gasteiger partial charge on any atom is -0.491 e. The minimum atomic E-state index is -4.51. The van der Waals surface area contributed by atoms with Crippen molar-refractivity contribution in [3.8, 4) is 5.75 Å². The summed E-state index contributed by atoms with van der Waals surface area (Å²) in [4.78, 5) is 25.8. The lowest BCUT2D eigenvalue weighted by molar-refractivity contribution is -0.139. The van der Waals surface area contributed by atoms with E-state index in [0.717, 1.165) is 31.7 Å². The Hall–Kier alpha value is -2.25. The average molecular weight is 386 g/mol. The van der Waals surface area contributed by atoms with Gasteiger partial charge in [-0.05, 0) is 31.9 Å². The molecule has 0 radical (unpaired) electrons. The fraction of sp³-hybridized carbons (Fsp3) is 0.579. The first kappa shape index (κ1) is 21.1. The van der Waals surface area contributed by atoms with E-state index in [4.69, 9.17) is 4.74 Å². The highest BCUT2D eigenvalue weighted by molar-refractivity contribution is 5.84. The zero-order valence-corrected chi connectivity index (χ0v) is 15.3. The number of alkyl halides is 3. The summed E-state index contributed by atoms with van der Waals surface area (Å²) in [5, 5.41) is 2.67. The van der Waals surface area contributed by atoms with Gasteiger partial charge in [-0.15, -0.1) is 0 Å². The quantitative estimate of drug-likeness (QED) is 0.815. The van der Waals surface area contributed by atoms with Crippen LogP contribution in [0.1, 0.15) is 44.6 Å². The molecule has 0 aliphatic carbocycles. The second kappa shape index (κ2) is 9.62. The molecule has 0 spiro atoms. The van der Waals surface area contributed by atoms with Crippen molar-refractivity contribution in [2.75, 3.05) is 19.7 Å². The van der Waals surface area contributed by atoms with E-state index in [1.807, 2.05) is 0 Å². The normalized spacial score (nSPS) is 17.0. The van der Waals surface area contributed by atoms with Gasteiger partial charge in [0.05, 0.1) is 18.2 Å². The number of amides is 2. The van der Waals surface area contributed by atoms with Crippen LogP contribution in [0.5, 0.6) is 5.75 Å². The van der Waals surface area contributed by atoms with Crippen LogP contribution < -0.4 is 10.1 Å². The van der Waals surface area contributed by atoms with Gasteiger partial charge in [0.2, 0.25) is 11.8 Å². The second-order valence-electron chi connectivity index (χ2n) is 6.75. The van der Waals surface area contributed by atoms with Crippen LogP contribution in [0.25, 0.3) is 0 Å². The maximum atomic E-state index is 13.0. The van der Waals surface area contributed by atoms with Crippen molar-refractivity contribution < 1.29 is 27.5 Å². The van der Waals surface area contributed by atoms with Gasteiger partial charge in [0.25, 0.3) is 0 Å². The molecule has 5 nitrogen and oxygen atoms in total. The third-order valence-corrected chi connectivity index (χ3v) is 4.34. The molecule has 1 aromatic carbocycles. The lowest BCUT2D eigenvalue weighted by Crippen LogP contribution is -2.45. The number of hydrogen-bond acceptors (Lipinski definition) is 3. The van der Waals surface area contributed by atoms with E-state index >= 15 is 0 Å². The third kappa shape index (κ3) is 6.77. The van der Waals surface area contributed by atoms with Crippen molar-refractivity contribution in [1.29, 1.82) is 0 Å². The summed E-state index contributed by atoms with van der Waals surface area (Å²) in [5.41, 5.74) is -0.852. The Balaban J connectivity index is 1.84. The van der Waals surface area contributed by atoms with E-state index in [1.54, 1.807) is 11.8 Å². The number of halogens is 3. The van der Waals surface area contributed by atoms with Crippen molar-refractivity contribution in [3.63, 3.8) is 0 Å². The Bertz CT molecular complexity index is 649. The van der Waals surface area contributed by atoms with E-state index in [1.165, 1.54) is 18.2 Å². The van der Waals surface area contributed by atoms with Gasteiger partial charge in [-0.3, -0.25) is 9.59 Å². The number of likely N-dealkylation sites (tertiary alicyclic amines) is 1. The SMILES string of the molecule is CC(COc1ccccc1C(F)(F)F)NC(=O)CN1CCCCCCC1=O. The number of carbonyl (C=O) groups is 2. The highest BCUT2D eigenvalue weighted by Gasteiger charge is 2.34. The maximum absolute atomic E-state index is 13.0. The molecule has 150 valence electrons. The molecule has 8 heteroatoms. The van der Waals surface area contributed by atoms with Crippen LogP contribution in [0.2, 0.25) is 0 Å². The summed E-state index contributed by atoms with van der Waals surface area (Å²) in [5.74, 6) is -0.651. The summed E-state index contributed by atoms with van der Waals surface area (Å²) in [6, 6.07) is 4.45. The van der Waals surface area contributed by atoms with Crippen LogP contribution in [0.4, 0.5) is 13.2 Å². The summed E-state index contributed by atoms with van der Waals surface area (Å²) in [6.07, 6.45) is -0.297. The van der Waals surface area contributed by atoms with Gasteiger partial charge >= 0.3 is 6.18 Å². The number of hydrogen-bond donors (Lipinski definition) is 1. The molecule has 0 saturated carbocycles. The molecule has 0 bridgehead atoms. The van der Waals surface area contributed by atoms with E-state index in [9.17, 15) is 22.8 Å². The fourth-order valence-corrected chi connectivity index (χ4v) is 2.96. The minimum absolute atomic E-state index is 0.0344.